The van der Waals surface area contributed by atoms with Crippen molar-refractivity contribution >= 4 is 23.4 Å². The average Bonchev–Trinajstić information content (AvgIpc) is 2.71. The van der Waals surface area contributed by atoms with Crippen molar-refractivity contribution in [2.24, 2.45) is 5.92 Å². The van der Waals surface area contributed by atoms with Crippen LogP contribution in [-0.4, -0.2) is 41.0 Å². The van der Waals surface area contributed by atoms with E-state index < -0.39 is 0 Å². The number of fused-ring (bicyclic) bond motifs is 3. The molecule has 1 aromatic rings. The van der Waals surface area contributed by atoms with Crippen LogP contribution in [0.3, 0.4) is 0 Å². The van der Waals surface area contributed by atoms with Gasteiger partial charge in [0.2, 0.25) is 11.8 Å². The summed E-state index contributed by atoms with van der Waals surface area (Å²) in [5.41, 5.74) is 0.765. The molecule has 22 heavy (non-hydrogen) atoms. The first-order valence-electron chi connectivity index (χ1n) is 7.58. The van der Waals surface area contributed by atoms with Crippen LogP contribution >= 0.6 is 11.6 Å². The first-order valence-corrected chi connectivity index (χ1v) is 7.96. The van der Waals surface area contributed by atoms with Gasteiger partial charge in [0.1, 0.15) is 5.75 Å². The Morgan fingerprint density at radius 3 is 2.95 bits per heavy atom. The van der Waals surface area contributed by atoms with E-state index in [4.69, 9.17) is 11.6 Å². The van der Waals surface area contributed by atoms with Crippen molar-refractivity contribution in [3.05, 3.63) is 28.8 Å². The second-order valence-electron chi connectivity index (χ2n) is 6.09. The van der Waals surface area contributed by atoms with E-state index in [-0.39, 0.29) is 41.0 Å². The van der Waals surface area contributed by atoms with Crippen molar-refractivity contribution in [3.8, 4) is 5.75 Å². The first-order chi connectivity index (χ1) is 10.5. The number of phenolic OH excluding ortho intramolecular Hbond substituents is 1. The van der Waals surface area contributed by atoms with Gasteiger partial charge in [-0.3, -0.25) is 9.59 Å². The molecule has 5 nitrogen and oxygen atoms in total. The molecule has 2 amide bonds. The highest BCUT2D eigenvalue weighted by atomic mass is 35.5. The molecule has 0 unspecified atom stereocenters. The molecule has 2 fully saturated rings. The molecule has 2 heterocycles. The van der Waals surface area contributed by atoms with Gasteiger partial charge in [-0.05, 0) is 30.5 Å². The lowest BCUT2D eigenvalue weighted by Crippen LogP contribution is -2.42. The van der Waals surface area contributed by atoms with Gasteiger partial charge in [-0.15, -0.1) is 0 Å². The van der Waals surface area contributed by atoms with Crippen LogP contribution in [0.2, 0.25) is 5.02 Å². The Labute approximate surface area is 134 Å². The average molecular weight is 323 g/mol. The van der Waals surface area contributed by atoms with Gasteiger partial charge in [0.05, 0.1) is 17.4 Å². The Morgan fingerprint density at radius 2 is 2.18 bits per heavy atom. The van der Waals surface area contributed by atoms with Crippen molar-refractivity contribution in [2.45, 2.75) is 31.7 Å². The number of hydrogen-bond acceptors (Lipinski definition) is 3. The molecular formula is C16H19ClN2O3. The summed E-state index contributed by atoms with van der Waals surface area (Å²) in [4.78, 5) is 26.3. The lowest BCUT2D eigenvalue weighted by Gasteiger charge is -2.27. The summed E-state index contributed by atoms with van der Waals surface area (Å²) in [7, 11) is 0. The van der Waals surface area contributed by atoms with E-state index in [2.05, 4.69) is 5.32 Å². The van der Waals surface area contributed by atoms with E-state index >= 15 is 0 Å². The Bertz CT molecular complexity index is 605. The second-order valence-corrected chi connectivity index (χ2v) is 6.50. The maximum atomic E-state index is 12.5. The fourth-order valence-corrected chi connectivity index (χ4v) is 3.40. The highest BCUT2D eigenvalue weighted by Gasteiger charge is 2.34. The molecule has 0 spiro atoms. The van der Waals surface area contributed by atoms with E-state index in [0.717, 1.165) is 24.8 Å². The highest BCUT2D eigenvalue weighted by molar-refractivity contribution is 6.32. The van der Waals surface area contributed by atoms with E-state index in [0.29, 0.717) is 13.1 Å². The molecule has 118 valence electrons. The monoisotopic (exact) mass is 322 g/mol. The lowest BCUT2D eigenvalue weighted by atomic mass is 9.99. The van der Waals surface area contributed by atoms with Gasteiger partial charge in [-0.25, -0.2) is 0 Å². The van der Waals surface area contributed by atoms with E-state index in [1.807, 2.05) is 0 Å². The number of halogens is 1. The van der Waals surface area contributed by atoms with Crippen LogP contribution in [0.4, 0.5) is 0 Å². The Morgan fingerprint density at radius 1 is 1.36 bits per heavy atom. The SMILES string of the molecule is O=C1N[C@H]2CCC[C@@H]1CN(C(=O)Cc1ccc(O)c(Cl)c1)C2. The van der Waals surface area contributed by atoms with Gasteiger partial charge in [0.15, 0.2) is 0 Å². The van der Waals surface area contributed by atoms with Crippen molar-refractivity contribution in [1.82, 2.24) is 10.2 Å². The molecule has 2 aliphatic rings. The normalized spacial score (nSPS) is 24.6. The second kappa shape index (κ2) is 6.16. The fraction of sp³-hybridized carbons (Fsp3) is 0.500. The summed E-state index contributed by atoms with van der Waals surface area (Å²) < 4.78 is 0. The predicted molar refractivity (Wildman–Crippen MR) is 82.7 cm³/mol. The topological polar surface area (TPSA) is 69.6 Å². The molecule has 3 rings (SSSR count). The molecule has 0 radical (unpaired) electrons. The van der Waals surface area contributed by atoms with Crippen LogP contribution in [0.25, 0.3) is 0 Å². The van der Waals surface area contributed by atoms with Gasteiger partial charge in [0.25, 0.3) is 0 Å². The number of hydrogen-bond donors (Lipinski definition) is 2. The molecule has 2 N–H and O–H groups in total. The molecule has 0 saturated carbocycles. The Balaban J connectivity index is 1.71. The molecule has 2 atom stereocenters. The van der Waals surface area contributed by atoms with Crippen LogP contribution in [0.15, 0.2) is 18.2 Å². The van der Waals surface area contributed by atoms with Gasteiger partial charge < -0.3 is 15.3 Å². The third-order valence-electron chi connectivity index (χ3n) is 4.42. The number of carbonyl (C=O) groups excluding carboxylic acids is 2. The van der Waals surface area contributed by atoms with Gasteiger partial charge >= 0.3 is 0 Å². The van der Waals surface area contributed by atoms with Gasteiger partial charge in [-0.2, -0.15) is 0 Å². The van der Waals surface area contributed by atoms with Crippen molar-refractivity contribution in [2.75, 3.05) is 13.1 Å². The van der Waals surface area contributed by atoms with Crippen LogP contribution < -0.4 is 5.32 Å². The van der Waals surface area contributed by atoms with Gasteiger partial charge in [-0.1, -0.05) is 24.1 Å². The number of likely N-dealkylation sites (tertiary alicyclic amines) is 1. The van der Waals surface area contributed by atoms with Crippen molar-refractivity contribution in [1.29, 1.82) is 0 Å². The molecule has 2 aliphatic heterocycles. The largest absolute Gasteiger partial charge is 0.506 e. The number of rotatable bonds is 2. The smallest absolute Gasteiger partial charge is 0.227 e. The minimum absolute atomic E-state index is 0.00448. The van der Waals surface area contributed by atoms with Crippen LogP contribution in [0.5, 0.6) is 5.75 Å². The number of carbonyl (C=O) groups is 2. The summed E-state index contributed by atoms with van der Waals surface area (Å²) in [6, 6.07) is 4.86. The van der Waals surface area contributed by atoms with E-state index in [1.54, 1.807) is 17.0 Å². The third-order valence-corrected chi connectivity index (χ3v) is 4.73. The molecule has 2 bridgehead atoms. The standard InChI is InChI=1S/C16H19ClN2O3/c17-13-6-10(4-5-14(13)20)7-15(21)19-8-11-2-1-3-12(9-19)18-16(11)22/h4-6,11-12,20H,1-3,7-9H2,(H,18,22)/t11-,12+/m1/s1. The number of benzene rings is 1. The molecule has 6 heteroatoms. The quantitative estimate of drug-likeness (QED) is 0.871. The summed E-state index contributed by atoms with van der Waals surface area (Å²) in [5, 5.41) is 12.7. The van der Waals surface area contributed by atoms with E-state index in [9.17, 15) is 14.7 Å². The minimum atomic E-state index is -0.0974. The molecule has 0 aromatic heterocycles. The highest BCUT2D eigenvalue weighted by Crippen LogP contribution is 2.25. The van der Waals surface area contributed by atoms with Crippen molar-refractivity contribution < 1.29 is 14.7 Å². The number of nitrogens with zero attached hydrogens (tertiary/aromatic N) is 1. The predicted octanol–water partition coefficient (Wildman–Crippen LogP) is 1.72. The Hall–Kier alpha value is -1.75. The van der Waals surface area contributed by atoms with Gasteiger partial charge in [0, 0.05) is 19.1 Å². The van der Waals surface area contributed by atoms with E-state index in [1.165, 1.54) is 6.07 Å². The molecular weight excluding hydrogens is 304 g/mol. The maximum absolute atomic E-state index is 12.5. The number of aromatic hydroxyl groups is 1. The summed E-state index contributed by atoms with van der Waals surface area (Å²) in [6.07, 6.45) is 3.03. The maximum Gasteiger partial charge on any atom is 0.227 e. The third kappa shape index (κ3) is 3.19. The number of nitrogens with one attached hydrogen (secondary N) is 1. The summed E-state index contributed by atoms with van der Waals surface area (Å²) in [5.74, 6) is -0.0162. The Kier molecular flexibility index (Phi) is 4.25. The lowest BCUT2D eigenvalue weighted by molar-refractivity contribution is -0.131. The van der Waals surface area contributed by atoms with Crippen LogP contribution in [0.1, 0.15) is 24.8 Å². The zero-order valence-electron chi connectivity index (χ0n) is 12.2. The summed E-state index contributed by atoms with van der Waals surface area (Å²) in [6.45, 7) is 1.07. The zero-order valence-corrected chi connectivity index (χ0v) is 13.0. The molecule has 2 saturated heterocycles. The van der Waals surface area contributed by atoms with Crippen LogP contribution in [-0.2, 0) is 16.0 Å². The summed E-state index contributed by atoms with van der Waals surface area (Å²) >= 11 is 5.88. The van der Waals surface area contributed by atoms with Crippen molar-refractivity contribution in [3.63, 3.8) is 0 Å². The first kappa shape index (κ1) is 15.2. The molecule has 0 aliphatic carbocycles. The number of amides is 2. The van der Waals surface area contributed by atoms with Crippen LogP contribution in [0, 0.1) is 5.92 Å². The molecule has 1 aromatic carbocycles. The number of phenols is 1. The fourth-order valence-electron chi connectivity index (χ4n) is 3.20. The minimum Gasteiger partial charge on any atom is -0.506 e. The zero-order chi connectivity index (χ0) is 15.7.